The number of H-pyrrole nitrogens is 1. The van der Waals surface area contributed by atoms with Crippen LogP contribution in [0.5, 0.6) is 0 Å². The second-order valence-electron chi connectivity index (χ2n) is 5.76. The molecule has 0 fully saturated rings. The Bertz CT molecular complexity index is 636. The van der Waals surface area contributed by atoms with Gasteiger partial charge in [0.25, 0.3) is 5.56 Å². The molecule has 0 saturated carbocycles. The number of halogens is 1. The third-order valence-corrected chi connectivity index (χ3v) is 4.39. The van der Waals surface area contributed by atoms with Gasteiger partial charge < -0.3 is 19.4 Å². The number of hydrogen-bond donors (Lipinski definition) is 1. The molecule has 0 aromatic carbocycles. The summed E-state index contributed by atoms with van der Waals surface area (Å²) in [6, 6.07) is 0. The Kier molecular flexibility index (Phi) is 12.6. The van der Waals surface area contributed by atoms with Crippen LogP contribution in [0.15, 0.2) is 17.3 Å². The number of nitrogens with one attached hydrogen (secondary N) is 1. The van der Waals surface area contributed by atoms with E-state index in [1.165, 1.54) is 57.2 Å². The molecule has 0 aliphatic heterocycles. The topological polar surface area (TPSA) is 57.2 Å². The van der Waals surface area contributed by atoms with Gasteiger partial charge >= 0.3 is 0 Å². The van der Waals surface area contributed by atoms with Gasteiger partial charge in [0.1, 0.15) is 11.0 Å². The summed E-state index contributed by atoms with van der Waals surface area (Å²) in [5, 5.41) is 0.0139. The normalized spacial score (nSPS) is 10.5. The maximum atomic E-state index is 12.9. The molecule has 0 saturated heterocycles. The molecule has 0 amide bonds. The monoisotopic (exact) mass is 369 g/mol. The fourth-order valence-corrected chi connectivity index (χ4v) is 2.41. The van der Waals surface area contributed by atoms with Gasteiger partial charge in [0.15, 0.2) is 5.82 Å². The first-order valence-corrected chi connectivity index (χ1v) is 9.52. The summed E-state index contributed by atoms with van der Waals surface area (Å²) in [6.07, 6.45) is 2.47. The van der Waals surface area contributed by atoms with Crippen molar-refractivity contribution in [2.45, 2.75) is 41.5 Å². The summed E-state index contributed by atoms with van der Waals surface area (Å²) >= 11 is 0. The number of aryl methyl sites for hydroxylation is 1. The van der Waals surface area contributed by atoms with Gasteiger partial charge in [-0.05, 0) is 39.3 Å². The third-order valence-electron chi connectivity index (χ3n) is 4.39. The van der Waals surface area contributed by atoms with Gasteiger partial charge in [-0.2, -0.15) is 0 Å². The second-order valence-corrected chi connectivity index (χ2v) is 5.76. The highest BCUT2D eigenvalue weighted by molar-refractivity contribution is 5.74. The standard InChI is InChI=1S/C7H6FN3O.2C6H15N/c1-11-3-10-6-5(7(11)12)4(8)2-9-6;2*1-4-7(5-2)6-3/h2-3,9H,1H3;2*4-6H2,1-3H3. The largest absolute Gasteiger partial charge is 0.343 e. The summed E-state index contributed by atoms with van der Waals surface area (Å²) in [5.74, 6) is -0.557. The molecule has 2 aromatic heterocycles. The van der Waals surface area contributed by atoms with Crippen LogP contribution in [0, 0.1) is 5.82 Å². The molecule has 2 rings (SSSR count). The van der Waals surface area contributed by atoms with Crippen molar-refractivity contribution in [3.8, 4) is 0 Å². The van der Waals surface area contributed by atoms with Crippen LogP contribution < -0.4 is 5.56 Å². The Morgan fingerprint density at radius 2 is 1.38 bits per heavy atom. The molecule has 6 nitrogen and oxygen atoms in total. The summed E-state index contributed by atoms with van der Waals surface area (Å²) < 4.78 is 14.1. The Morgan fingerprint density at radius 1 is 0.962 bits per heavy atom. The molecule has 150 valence electrons. The predicted octanol–water partition coefficient (Wildman–Crippen LogP) is 3.10. The van der Waals surface area contributed by atoms with Gasteiger partial charge in [-0.3, -0.25) is 4.79 Å². The Hall–Kier alpha value is -1.73. The second kappa shape index (κ2) is 13.5. The van der Waals surface area contributed by atoms with E-state index in [0.29, 0.717) is 0 Å². The molecular weight excluding hydrogens is 333 g/mol. The number of aromatic amines is 1. The molecule has 2 aromatic rings. The minimum atomic E-state index is -0.557. The predicted molar refractivity (Wildman–Crippen MR) is 108 cm³/mol. The van der Waals surface area contributed by atoms with E-state index >= 15 is 0 Å². The van der Waals surface area contributed by atoms with Crippen LogP contribution in [0.25, 0.3) is 11.0 Å². The zero-order valence-electron chi connectivity index (χ0n) is 17.5. The Balaban J connectivity index is 0.000000390. The molecule has 0 bridgehead atoms. The van der Waals surface area contributed by atoms with Crippen molar-refractivity contribution in [1.29, 1.82) is 0 Å². The summed E-state index contributed by atoms with van der Waals surface area (Å²) in [6.45, 7) is 20.2. The van der Waals surface area contributed by atoms with Gasteiger partial charge in [0, 0.05) is 13.2 Å². The summed E-state index contributed by atoms with van der Waals surface area (Å²) in [5.41, 5.74) is -0.0886. The molecular formula is C19H36FN5O. The van der Waals surface area contributed by atoms with Crippen molar-refractivity contribution >= 4 is 11.0 Å². The van der Waals surface area contributed by atoms with Crippen molar-refractivity contribution in [1.82, 2.24) is 24.3 Å². The van der Waals surface area contributed by atoms with E-state index in [2.05, 4.69) is 61.3 Å². The lowest BCUT2D eigenvalue weighted by Gasteiger charge is -2.13. The van der Waals surface area contributed by atoms with Crippen LogP contribution in [0.2, 0.25) is 0 Å². The lowest BCUT2D eigenvalue weighted by atomic mass is 10.4. The molecule has 0 aliphatic carbocycles. The van der Waals surface area contributed by atoms with Crippen molar-refractivity contribution in [2.75, 3.05) is 39.3 Å². The fraction of sp³-hybridized carbons (Fsp3) is 0.684. The van der Waals surface area contributed by atoms with Gasteiger partial charge in [-0.1, -0.05) is 41.5 Å². The lowest BCUT2D eigenvalue weighted by Crippen LogP contribution is -2.21. The minimum Gasteiger partial charge on any atom is -0.343 e. The highest BCUT2D eigenvalue weighted by atomic mass is 19.1. The maximum absolute atomic E-state index is 12.9. The number of nitrogens with zero attached hydrogens (tertiary/aromatic N) is 4. The Morgan fingerprint density at radius 3 is 1.73 bits per heavy atom. The smallest absolute Gasteiger partial charge is 0.265 e. The van der Waals surface area contributed by atoms with Crippen molar-refractivity contribution in [3.63, 3.8) is 0 Å². The van der Waals surface area contributed by atoms with Crippen LogP contribution in [-0.2, 0) is 7.05 Å². The van der Waals surface area contributed by atoms with Crippen LogP contribution in [-0.4, -0.2) is 63.6 Å². The van der Waals surface area contributed by atoms with E-state index in [1.807, 2.05) is 0 Å². The van der Waals surface area contributed by atoms with Crippen LogP contribution in [0.1, 0.15) is 41.5 Å². The van der Waals surface area contributed by atoms with Gasteiger partial charge in [0.2, 0.25) is 0 Å². The minimum absolute atomic E-state index is 0.0139. The van der Waals surface area contributed by atoms with E-state index in [9.17, 15) is 9.18 Å². The van der Waals surface area contributed by atoms with E-state index in [0.717, 1.165) is 6.20 Å². The first-order chi connectivity index (χ1) is 12.4. The quantitative estimate of drug-likeness (QED) is 0.850. The third kappa shape index (κ3) is 7.66. The highest BCUT2D eigenvalue weighted by Crippen LogP contribution is 2.07. The molecule has 0 unspecified atom stereocenters. The van der Waals surface area contributed by atoms with E-state index < -0.39 is 5.82 Å². The first-order valence-electron chi connectivity index (χ1n) is 9.52. The van der Waals surface area contributed by atoms with E-state index in [4.69, 9.17) is 0 Å². The van der Waals surface area contributed by atoms with Crippen molar-refractivity contribution < 1.29 is 4.39 Å². The van der Waals surface area contributed by atoms with Crippen LogP contribution in [0.4, 0.5) is 4.39 Å². The van der Waals surface area contributed by atoms with Gasteiger partial charge in [-0.25, -0.2) is 9.37 Å². The molecule has 26 heavy (non-hydrogen) atoms. The maximum Gasteiger partial charge on any atom is 0.265 e. The molecule has 2 heterocycles. The van der Waals surface area contributed by atoms with Crippen LogP contribution >= 0.6 is 0 Å². The fourth-order valence-electron chi connectivity index (χ4n) is 2.41. The molecule has 7 heteroatoms. The van der Waals surface area contributed by atoms with Gasteiger partial charge in [0.05, 0.1) is 6.33 Å². The number of rotatable bonds is 6. The number of aromatic nitrogens is 3. The first kappa shape index (κ1) is 24.3. The SMILES string of the molecule is CCN(CC)CC.CCN(CC)CC.Cn1cnc2[nH]cc(F)c2c1=O. The molecule has 0 spiro atoms. The highest BCUT2D eigenvalue weighted by Gasteiger charge is 2.08. The van der Waals surface area contributed by atoms with Crippen molar-refractivity contribution in [3.05, 3.63) is 28.7 Å². The van der Waals surface area contributed by atoms with E-state index in [1.54, 1.807) is 0 Å². The molecule has 0 atom stereocenters. The number of hydrogen-bond acceptors (Lipinski definition) is 4. The van der Waals surface area contributed by atoms with Crippen LogP contribution in [0.3, 0.4) is 0 Å². The lowest BCUT2D eigenvalue weighted by molar-refractivity contribution is 0.321. The summed E-state index contributed by atoms with van der Waals surface area (Å²) in [7, 11) is 1.53. The average Bonchev–Trinajstić information content (AvgIpc) is 3.04. The van der Waals surface area contributed by atoms with Crippen molar-refractivity contribution in [2.24, 2.45) is 7.05 Å². The van der Waals surface area contributed by atoms with Gasteiger partial charge in [-0.15, -0.1) is 0 Å². The average molecular weight is 370 g/mol. The summed E-state index contributed by atoms with van der Waals surface area (Å²) in [4.78, 5) is 22.4. The molecule has 0 aliphatic rings. The molecule has 1 N–H and O–H groups in total. The zero-order valence-corrected chi connectivity index (χ0v) is 17.5. The van der Waals surface area contributed by atoms with E-state index in [-0.39, 0.29) is 16.6 Å². The Labute approximate surface area is 157 Å². The number of fused-ring (bicyclic) bond motifs is 1. The molecule has 0 radical (unpaired) electrons. The zero-order chi connectivity index (χ0) is 20.1.